The van der Waals surface area contributed by atoms with Gasteiger partial charge in [0.1, 0.15) is 15.3 Å². The lowest BCUT2D eigenvalue weighted by molar-refractivity contribution is 0.539. The smallest absolute Gasteiger partial charge is 0.150 e. The third kappa shape index (κ3) is 1.81. The predicted molar refractivity (Wildman–Crippen MR) is 46.1 cm³/mol. The van der Waals surface area contributed by atoms with Crippen LogP contribution in [-0.4, -0.2) is 19.9 Å². The van der Waals surface area contributed by atoms with E-state index >= 15 is 0 Å². The molecule has 0 aromatic heterocycles. The van der Waals surface area contributed by atoms with Crippen molar-refractivity contribution in [2.24, 2.45) is 5.41 Å². The zero-order valence-corrected chi connectivity index (χ0v) is 8.13. The predicted octanol–water partition coefficient (Wildman–Crippen LogP) is 0.617. The standard InChI is InChI=1S/C8H10N2O2S/c1-13(11,12)7-2-3-8(4-7,5-9)6-10/h7H,2-4H2,1H3/t7-/m0/s1. The molecule has 0 amide bonds. The molecule has 0 N–H and O–H groups in total. The Morgan fingerprint density at radius 2 is 1.92 bits per heavy atom. The van der Waals surface area contributed by atoms with Crippen molar-refractivity contribution in [3.8, 4) is 12.1 Å². The summed E-state index contributed by atoms with van der Waals surface area (Å²) in [6.45, 7) is 0. The Hall–Kier alpha value is -1.07. The van der Waals surface area contributed by atoms with Crippen LogP contribution in [0.2, 0.25) is 0 Å². The fourth-order valence-electron chi connectivity index (χ4n) is 1.59. The van der Waals surface area contributed by atoms with Gasteiger partial charge in [0.25, 0.3) is 0 Å². The van der Waals surface area contributed by atoms with Gasteiger partial charge in [-0.3, -0.25) is 0 Å². The molecule has 1 fully saturated rings. The van der Waals surface area contributed by atoms with E-state index < -0.39 is 20.5 Å². The van der Waals surface area contributed by atoms with Gasteiger partial charge < -0.3 is 0 Å². The molecule has 0 spiro atoms. The van der Waals surface area contributed by atoms with Crippen LogP contribution in [0.4, 0.5) is 0 Å². The maximum atomic E-state index is 11.1. The number of nitrogens with zero attached hydrogens (tertiary/aromatic N) is 2. The van der Waals surface area contributed by atoms with Crippen molar-refractivity contribution in [1.82, 2.24) is 0 Å². The first-order chi connectivity index (χ1) is 5.93. The van der Waals surface area contributed by atoms with Crippen molar-refractivity contribution >= 4 is 9.84 Å². The molecular weight excluding hydrogens is 188 g/mol. The minimum absolute atomic E-state index is 0.166. The molecule has 1 rings (SSSR count). The van der Waals surface area contributed by atoms with Gasteiger partial charge in [0.2, 0.25) is 0 Å². The van der Waals surface area contributed by atoms with E-state index in [1.807, 2.05) is 12.1 Å². The number of sulfone groups is 1. The van der Waals surface area contributed by atoms with E-state index in [1.165, 1.54) is 0 Å². The molecule has 5 heteroatoms. The fraction of sp³-hybridized carbons (Fsp3) is 0.750. The minimum atomic E-state index is -3.10. The molecule has 0 radical (unpaired) electrons. The lowest BCUT2D eigenvalue weighted by Crippen LogP contribution is -2.19. The molecule has 13 heavy (non-hydrogen) atoms. The zero-order chi connectivity index (χ0) is 10.1. The van der Waals surface area contributed by atoms with Gasteiger partial charge in [0.15, 0.2) is 0 Å². The van der Waals surface area contributed by atoms with Crippen molar-refractivity contribution in [3.05, 3.63) is 0 Å². The minimum Gasteiger partial charge on any atom is -0.229 e. The first-order valence-corrected chi connectivity index (χ1v) is 5.90. The highest BCUT2D eigenvalue weighted by Crippen LogP contribution is 2.39. The average molecular weight is 198 g/mol. The highest BCUT2D eigenvalue weighted by atomic mass is 32.2. The van der Waals surface area contributed by atoms with Crippen LogP contribution in [0, 0.1) is 28.1 Å². The van der Waals surface area contributed by atoms with E-state index in [1.54, 1.807) is 0 Å². The summed E-state index contributed by atoms with van der Waals surface area (Å²) in [6, 6.07) is 3.81. The first kappa shape index (κ1) is 10.0. The number of rotatable bonds is 1. The molecule has 70 valence electrons. The van der Waals surface area contributed by atoms with Crippen molar-refractivity contribution in [1.29, 1.82) is 10.5 Å². The van der Waals surface area contributed by atoms with Crippen LogP contribution < -0.4 is 0 Å². The third-order valence-electron chi connectivity index (χ3n) is 2.50. The second kappa shape index (κ2) is 3.01. The summed E-state index contributed by atoms with van der Waals surface area (Å²) >= 11 is 0. The third-order valence-corrected chi connectivity index (χ3v) is 4.12. The Bertz CT molecular complexity index is 371. The van der Waals surface area contributed by atoms with Gasteiger partial charge in [-0.05, 0) is 19.3 Å². The van der Waals surface area contributed by atoms with Crippen LogP contribution in [0.5, 0.6) is 0 Å². The monoisotopic (exact) mass is 198 g/mol. The Morgan fingerprint density at radius 3 is 2.15 bits per heavy atom. The molecule has 1 saturated carbocycles. The van der Waals surface area contributed by atoms with Crippen molar-refractivity contribution in [3.63, 3.8) is 0 Å². The topological polar surface area (TPSA) is 81.7 Å². The molecule has 1 aliphatic carbocycles. The summed E-state index contributed by atoms with van der Waals surface area (Å²) < 4.78 is 22.3. The van der Waals surface area contributed by atoms with Gasteiger partial charge >= 0.3 is 0 Å². The maximum Gasteiger partial charge on any atom is 0.150 e. The van der Waals surface area contributed by atoms with Crippen LogP contribution in [0.1, 0.15) is 19.3 Å². The molecule has 0 aliphatic heterocycles. The summed E-state index contributed by atoms with van der Waals surface area (Å²) in [4.78, 5) is 0. The highest BCUT2D eigenvalue weighted by molar-refractivity contribution is 7.91. The molecule has 4 nitrogen and oxygen atoms in total. The summed E-state index contributed by atoms with van der Waals surface area (Å²) in [5, 5.41) is 17.0. The van der Waals surface area contributed by atoms with E-state index in [0.717, 1.165) is 6.26 Å². The zero-order valence-electron chi connectivity index (χ0n) is 7.32. The molecule has 0 saturated heterocycles. The van der Waals surface area contributed by atoms with E-state index in [0.29, 0.717) is 12.8 Å². The second-order valence-electron chi connectivity index (χ2n) is 3.50. The molecule has 1 atom stereocenters. The Balaban J connectivity index is 2.89. The summed E-state index contributed by atoms with van der Waals surface area (Å²) in [6.07, 6.45) is 2.12. The van der Waals surface area contributed by atoms with Gasteiger partial charge in [0, 0.05) is 6.26 Å². The highest BCUT2D eigenvalue weighted by Gasteiger charge is 2.43. The van der Waals surface area contributed by atoms with Crippen molar-refractivity contribution in [2.45, 2.75) is 24.5 Å². The number of hydrogen-bond acceptors (Lipinski definition) is 4. The molecule has 0 aromatic carbocycles. The van der Waals surface area contributed by atoms with Gasteiger partial charge in [-0.25, -0.2) is 8.42 Å². The van der Waals surface area contributed by atoms with E-state index in [-0.39, 0.29) is 6.42 Å². The van der Waals surface area contributed by atoms with Crippen LogP contribution >= 0.6 is 0 Å². The van der Waals surface area contributed by atoms with Crippen molar-refractivity contribution in [2.75, 3.05) is 6.26 Å². The van der Waals surface area contributed by atoms with Crippen LogP contribution in [0.15, 0.2) is 0 Å². The SMILES string of the molecule is CS(=O)(=O)[C@H]1CCC(C#N)(C#N)C1. The van der Waals surface area contributed by atoms with Crippen LogP contribution in [0.3, 0.4) is 0 Å². The van der Waals surface area contributed by atoms with Gasteiger partial charge in [0.05, 0.1) is 17.4 Å². The molecule has 0 aromatic rings. The molecular formula is C8H10N2O2S. The molecule has 1 aliphatic rings. The van der Waals surface area contributed by atoms with E-state index in [9.17, 15) is 8.42 Å². The quantitative estimate of drug-likeness (QED) is 0.618. The van der Waals surface area contributed by atoms with E-state index in [2.05, 4.69) is 0 Å². The Kier molecular flexibility index (Phi) is 2.32. The number of nitriles is 2. The van der Waals surface area contributed by atoms with Crippen molar-refractivity contribution < 1.29 is 8.42 Å². The Morgan fingerprint density at radius 1 is 1.38 bits per heavy atom. The van der Waals surface area contributed by atoms with E-state index in [4.69, 9.17) is 10.5 Å². The number of hydrogen-bond donors (Lipinski definition) is 0. The normalized spacial score (nSPS) is 26.2. The largest absolute Gasteiger partial charge is 0.229 e. The van der Waals surface area contributed by atoms with Gasteiger partial charge in [-0.1, -0.05) is 0 Å². The summed E-state index contributed by atoms with van der Waals surface area (Å²) in [5.74, 6) is 0. The van der Waals surface area contributed by atoms with Crippen LogP contribution in [0.25, 0.3) is 0 Å². The Labute approximate surface area is 77.7 Å². The lowest BCUT2D eigenvalue weighted by atomic mass is 9.90. The lowest BCUT2D eigenvalue weighted by Gasteiger charge is -2.09. The first-order valence-electron chi connectivity index (χ1n) is 3.95. The summed E-state index contributed by atoms with van der Waals surface area (Å²) in [7, 11) is -3.10. The average Bonchev–Trinajstić information content (AvgIpc) is 2.48. The van der Waals surface area contributed by atoms with Crippen LogP contribution in [-0.2, 0) is 9.84 Å². The maximum absolute atomic E-state index is 11.1. The molecule has 0 bridgehead atoms. The fourth-order valence-corrected chi connectivity index (χ4v) is 2.73. The second-order valence-corrected chi connectivity index (χ2v) is 5.83. The molecule has 0 heterocycles. The summed E-state index contributed by atoms with van der Waals surface area (Å²) in [5.41, 5.74) is -1.06. The van der Waals surface area contributed by atoms with Gasteiger partial charge in [-0.15, -0.1) is 0 Å². The molecule has 0 unspecified atom stereocenters. The van der Waals surface area contributed by atoms with Gasteiger partial charge in [-0.2, -0.15) is 10.5 Å².